The summed E-state index contributed by atoms with van der Waals surface area (Å²) in [6.07, 6.45) is 6.10. The number of carbonyl (C=O) groups excluding carboxylic acids is 1. The number of aromatic nitrogens is 2. The van der Waals surface area contributed by atoms with E-state index in [1.165, 1.54) is 0 Å². The smallest absolute Gasteiger partial charge is 0.339 e. The Hall–Kier alpha value is -3.15. The topological polar surface area (TPSA) is 92.3 Å². The van der Waals surface area contributed by atoms with E-state index in [-0.39, 0.29) is 11.5 Å². The molecule has 1 aliphatic rings. The zero-order valence-corrected chi connectivity index (χ0v) is 14.1. The molecule has 1 aliphatic carbocycles. The third-order valence-electron chi connectivity index (χ3n) is 4.85. The fraction of sp³-hybridized carbons (Fsp3) is 0.250. The van der Waals surface area contributed by atoms with Crippen LogP contribution in [-0.4, -0.2) is 26.8 Å². The highest BCUT2D eigenvalue weighted by Gasteiger charge is 2.22. The molecule has 26 heavy (non-hydrogen) atoms. The average Bonchev–Trinajstić information content (AvgIpc) is 3.10. The standard InChI is InChI=1S/C20H18N2O4/c23-15-4-1-12(2-5-15)13-3-6-17(20(24)25)18(10-13)26-16-9-14-7-8-21-19(14)22-11-16/h3,6-12H,1-2,4-5H2,(H,21,22)(H,24,25). The maximum absolute atomic E-state index is 11.6. The van der Waals surface area contributed by atoms with Gasteiger partial charge in [-0.1, -0.05) is 6.07 Å². The van der Waals surface area contributed by atoms with Crippen LogP contribution < -0.4 is 4.74 Å². The first kappa shape index (κ1) is 16.3. The van der Waals surface area contributed by atoms with Crippen LogP contribution >= 0.6 is 0 Å². The third-order valence-corrected chi connectivity index (χ3v) is 4.85. The lowest BCUT2D eigenvalue weighted by Crippen LogP contribution is -2.13. The number of aromatic amines is 1. The van der Waals surface area contributed by atoms with Crippen molar-refractivity contribution in [1.82, 2.24) is 9.97 Å². The lowest BCUT2D eigenvalue weighted by atomic mass is 9.83. The van der Waals surface area contributed by atoms with E-state index in [0.717, 1.165) is 29.4 Å². The van der Waals surface area contributed by atoms with Gasteiger partial charge >= 0.3 is 5.97 Å². The lowest BCUT2D eigenvalue weighted by Gasteiger charge is -2.22. The minimum atomic E-state index is -1.04. The van der Waals surface area contributed by atoms with Crippen molar-refractivity contribution in [2.75, 3.05) is 0 Å². The second kappa shape index (κ2) is 6.63. The van der Waals surface area contributed by atoms with Gasteiger partial charge in [-0.25, -0.2) is 9.78 Å². The maximum Gasteiger partial charge on any atom is 0.339 e. The zero-order chi connectivity index (χ0) is 18.1. The second-order valence-corrected chi connectivity index (χ2v) is 6.56. The van der Waals surface area contributed by atoms with Gasteiger partial charge in [0.2, 0.25) is 0 Å². The summed E-state index contributed by atoms with van der Waals surface area (Å²) in [5.41, 5.74) is 1.86. The fourth-order valence-electron chi connectivity index (χ4n) is 3.43. The number of H-pyrrole nitrogens is 1. The number of carbonyl (C=O) groups is 2. The molecule has 1 saturated carbocycles. The summed E-state index contributed by atoms with van der Waals surface area (Å²) in [5, 5.41) is 10.4. The van der Waals surface area contributed by atoms with Gasteiger partial charge in [0, 0.05) is 24.4 Å². The highest BCUT2D eigenvalue weighted by atomic mass is 16.5. The number of carboxylic acid groups (broad SMARTS) is 1. The number of hydrogen-bond acceptors (Lipinski definition) is 4. The number of rotatable bonds is 4. The van der Waals surface area contributed by atoms with Gasteiger partial charge in [0.15, 0.2) is 0 Å². The summed E-state index contributed by atoms with van der Waals surface area (Å²) in [7, 11) is 0. The predicted molar refractivity (Wildman–Crippen MR) is 95.8 cm³/mol. The van der Waals surface area contributed by atoms with Crippen LogP contribution in [0.15, 0.2) is 42.7 Å². The van der Waals surface area contributed by atoms with Crippen molar-refractivity contribution >= 4 is 22.8 Å². The largest absolute Gasteiger partial charge is 0.478 e. The average molecular weight is 350 g/mol. The van der Waals surface area contributed by atoms with Crippen LogP contribution in [0.2, 0.25) is 0 Å². The van der Waals surface area contributed by atoms with Gasteiger partial charge in [-0.3, -0.25) is 4.79 Å². The van der Waals surface area contributed by atoms with Crippen molar-refractivity contribution in [2.24, 2.45) is 0 Å². The second-order valence-electron chi connectivity index (χ2n) is 6.56. The normalized spacial score (nSPS) is 15.3. The first-order valence-electron chi connectivity index (χ1n) is 8.60. The van der Waals surface area contributed by atoms with E-state index in [1.54, 1.807) is 24.5 Å². The summed E-state index contributed by atoms with van der Waals surface area (Å²) >= 11 is 0. The van der Waals surface area contributed by atoms with Gasteiger partial charge in [0.25, 0.3) is 0 Å². The van der Waals surface area contributed by atoms with Crippen LogP contribution in [0.1, 0.15) is 47.5 Å². The Kier molecular flexibility index (Phi) is 4.16. The zero-order valence-electron chi connectivity index (χ0n) is 14.1. The van der Waals surface area contributed by atoms with Crippen LogP contribution in [0.5, 0.6) is 11.5 Å². The molecule has 1 fully saturated rings. The molecule has 0 amide bonds. The molecule has 0 aliphatic heterocycles. The van der Waals surface area contributed by atoms with Crippen molar-refractivity contribution in [1.29, 1.82) is 0 Å². The Morgan fingerprint density at radius 3 is 2.77 bits per heavy atom. The molecule has 0 spiro atoms. The molecule has 4 rings (SSSR count). The van der Waals surface area contributed by atoms with Crippen molar-refractivity contribution < 1.29 is 19.4 Å². The van der Waals surface area contributed by atoms with Crippen molar-refractivity contribution in [3.8, 4) is 11.5 Å². The maximum atomic E-state index is 11.6. The Morgan fingerprint density at radius 2 is 2.00 bits per heavy atom. The van der Waals surface area contributed by atoms with E-state index in [4.69, 9.17) is 4.74 Å². The van der Waals surface area contributed by atoms with Gasteiger partial charge in [-0.05, 0) is 48.6 Å². The lowest BCUT2D eigenvalue weighted by molar-refractivity contribution is -0.120. The number of ketones is 1. The molecule has 1 aromatic carbocycles. The van der Waals surface area contributed by atoms with Crippen molar-refractivity contribution in [3.05, 3.63) is 53.9 Å². The molecule has 3 aromatic rings. The molecule has 0 radical (unpaired) electrons. The van der Waals surface area contributed by atoms with E-state index >= 15 is 0 Å². The summed E-state index contributed by atoms with van der Waals surface area (Å²) in [6, 6.07) is 8.88. The van der Waals surface area contributed by atoms with E-state index in [9.17, 15) is 14.7 Å². The van der Waals surface area contributed by atoms with Crippen LogP contribution in [0.4, 0.5) is 0 Å². The number of hydrogen-bond donors (Lipinski definition) is 2. The Morgan fingerprint density at radius 1 is 1.19 bits per heavy atom. The van der Waals surface area contributed by atoms with E-state index in [2.05, 4.69) is 9.97 Å². The number of aromatic carboxylic acids is 1. The summed E-state index contributed by atoms with van der Waals surface area (Å²) in [5.74, 6) is 0.286. The van der Waals surface area contributed by atoms with Gasteiger partial charge < -0.3 is 14.8 Å². The molecule has 2 N–H and O–H groups in total. The number of fused-ring (bicyclic) bond motifs is 1. The number of ether oxygens (including phenoxy) is 1. The summed E-state index contributed by atoms with van der Waals surface area (Å²) in [4.78, 5) is 30.3. The Bertz CT molecular complexity index is 982. The number of carboxylic acids is 1. The minimum absolute atomic E-state index is 0.106. The van der Waals surface area contributed by atoms with Crippen LogP contribution in [0.3, 0.4) is 0 Å². The number of pyridine rings is 1. The first-order valence-corrected chi connectivity index (χ1v) is 8.60. The van der Waals surface area contributed by atoms with Crippen molar-refractivity contribution in [3.63, 3.8) is 0 Å². The molecule has 2 heterocycles. The Balaban J connectivity index is 1.66. The highest BCUT2D eigenvalue weighted by molar-refractivity contribution is 5.91. The number of Topliss-reactive ketones (excluding diaryl/α,β-unsaturated/α-hetero) is 1. The number of nitrogens with zero attached hydrogens (tertiary/aromatic N) is 1. The molecule has 6 heteroatoms. The SMILES string of the molecule is O=C1CCC(c2ccc(C(=O)O)c(Oc3cnc4[nH]ccc4c3)c2)CC1. The quantitative estimate of drug-likeness (QED) is 0.732. The highest BCUT2D eigenvalue weighted by Crippen LogP contribution is 2.35. The minimum Gasteiger partial charge on any atom is -0.478 e. The van der Waals surface area contributed by atoms with Crippen LogP contribution in [-0.2, 0) is 4.79 Å². The molecular weight excluding hydrogens is 332 g/mol. The molecular formula is C20H18N2O4. The van der Waals surface area contributed by atoms with E-state index in [1.807, 2.05) is 18.2 Å². The van der Waals surface area contributed by atoms with Gasteiger partial charge in [-0.2, -0.15) is 0 Å². The first-order chi connectivity index (χ1) is 12.6. The molecule has 6 nitrogen and oxygen atoms in total. The monoisotopic (exact) mass is 350 g/mol. The molecule has 2 aromatic heterocycles. The molecule has 132 valence electrons. The number of nitrogens with one attached hydrogen (secondary N) is 1. The third kappa shape index (κ3) is 3.18. The summed E-state index contributed by atoms with van der Waals surface area (Å²) in [6.45, 7) is 0. The van der Waals surface area contributed by atoms with Gasteiger partial charge in [0.05, 0.1) is 6.20 Å². The number of benzene rings is 1. The van der Waals surface area contributed by atoms with E-state index < -0.39 is 5.97 Å². The van der Waals surface area contributed by atoms with E-state index in [0.29, 0.717) is 30.1 Å². The molecule has 0 unspecified atom stereocenters. The molecule has 0 bridgehead atoms. The van der Waals surface area contributed by atoms with Crippen LogP contribution in [0.25, 0.3) is 11.0 Å². The molecule has 0 saturated heterocycles. The predicted octanol–water partition coefficient (Wildman–Crippen LogP) is 4.28. The fourth-order valence-corrected chi connectivity index (χ4v) is 3.43. The Labute approximate surface area is 149 Å². The van der Waals surface area contributed by atoms with Gasteiger partial charge in [0.1, 0.15) is 28.5 Å². The van der Waals surface area contributed by atoms with Gasteiger partial charge in [-0.15, -0.1) is 0 Å². The summed E-state index contributed by atoms with van der Waals surface area (Å²) < 4.78 is 5.88. The molecule has 0 atom stereocenters. The van der Waals surface area contributed by atoms with Crippen LogP contribution in [0, 0.1) is 0 Å². The van der Waals surface area contributed by atoms with Crippen molar-refractivity contribution in [2.45, 2.75) is 31.6 Å².